The van der Waals surface area contributed by atoms with Gasteiger partial charge in [0.05, 0.1) is 18.8 Å². The van der Waals surface area contributed by atoms with E-state index in [1.807, 2.05) is 23.1 Å². The standard InChI is InChI=1S/C22H28N2O5/c25-20-13-28-18-5-2-1-4-17(18)15-6-8-16(9-7-15)27-12-19-22(10-3-11-24(19)20)14-29-21(26)23-22/h1-2,4-5,15-16,19H,3,6-14H2,(H,23,26)/t15-,16+,19-,22+/m1/s1. The van der Waals surface area contributed by atoms with E-state index in [-0.39, 0.29) is 31.3 Å². The van der Waals surface area contributed by atoms with Gasteiger partial charge >= 0.3 is 6.09 Å². The minimum Gasteiger partial charge on any atom is -0.483 e. The molecular formula is C22H28N2O5. The van der Waals surface area contributed by atoms with Crippen molar-refractivity contribution in [2.45, 2.75) is 62.1 Å². The van der Waals surface area contributed by atoms with E-state index in [9.17, 15) is 9.59 Å². The average Bonchev–Trinajstić information content (AvgIpc) is 3.12. The van der Waals surface area contributed by atoms with E-state index in [2.05, 4.69) is 11.4 Å². The van der Waals surface area contributed by atoms with Crippen LogP contribution in [-0.4, -0.2) is 61.0 Å². The maximum atomic E-state index is 13.2. The summed E-state index contributed by atoms with van der Waals surface area (Å²) in [5.74, 6) is 1.18. The summed E-state index contributed by atoms with van der Waals surface area (Å²) in [4.78, 5) is 26.8. The SMILES string of the molecule is O=C1N[C@@]2(CCCN3C(=O)COc4ccccc4[C@H]4CC[C@H](CC4)OC[C@@H]32)CO1. The van der Waals surface area contributed by atoms with Gasteiger partial charge in [-0.05, 0) is 56.1 Å². The lowest BCUT2D eigenvalue weighted by atomic mass is 9.81. The van der Waals surface area contributed by atoms with E-state index >= 15 is 0 Å². The summed E-state index contributed by atoms with van der Waals surface area (Å²) in [5.41, 5.74) is 0.626. The summed E-state index contributed by atoms with van der Waals surface area (Å²) in [6.45, 7) is 1.33. The fraction of sp³-hybridized carbons (Fsp3) is 0.636. The third-order valence-corrected chi connectivity index (χ3v) is 7.04. The van der Waals surface area contributed by atoms with Gasteiger partial charge in [0.2, 0.25) is 0 Å². The smallest absolute Gasteiger partial charge is 0.407 e. The number of carbonyl (C=O) groups excluding carboxylic acids is 2. The van der Waals surface area contributed by atoms with Gasteiger partial charge in [0.15, 0.2) is 6.61 Å². The number of nitrogens with one attached hydrogen (secondary N) is 1. The quantitative estimate of drug-likeness (QED) is 0.724. The lowest BCUT2D eigenvalue weighted by molar-refractivity contribution is -0.143. The Morgan fingerprint density at radius 2 is 1.90 bits per heavy atom. The lowest BCUT2D eigenvalue weighted by Crippen LogP contribution is -2.66. The molecule has 2 atom stereocenters. The van der Waals surface area contributed by atoms with Gasteiger partial charge in [-0.1, -0.05) is 18.2 Å². The molecule has 1 aromatic rings. The Morgan fingerprint density at radius 3 is 2.69 bits per heavy atom. The minimum absolute atomic E-state index is 0.00541. The van der Waals surface area contributed by atoms with Crippen molar-refractivity contribution >= 4 is 12.0 Å². The summed E-state index contributed by atoms with van der Waals surface area (Å²) in [6.07, 6.45) is 5.48. The predicted molar refractivity (Wildman–Crippen MR) is 105 cm³/mol. The Labute approximate surface area is 170 Å². The monoisotopic (exact) mass is 400 g/mol. The fourth-order valence-corrected chi connectivity index (χ4v) is 5.46. The van der Waals surface area contributed by atoms with E-state index in [4.69, 9.17) is 14.2 Å². The van der Waals surface area contributed by atoms with Crippen molar-refractivity contribution in [3.05, 3.63) is 29.8 Å². The highest BCUT2D eigenvalue weighted by Crippen LogP contribution is 2.39. The molecule has 156 valence electrons. The maximum Gasteiger partial charge on any atom is 0.407 e. The van der Waals surface area contributed by atoms with Crippen LogP contribution in [0.5, 0.6) is 5.75 Å². The number of para-hydroxylation sites is 1. The summed E-state index contributed by atoms with van der Waals surface area (Å²) in [6, 6.07) is 7.84. The highest BCUT2D eigenvalue weighted by Gasteiger charge is 2.52. The second-order valence-corrected chi connectivity index (χ2v) is 8.70. The topological polar surface area (TPSA) is 77.1 Å². The summed E-state index contributed by atoms with van der Waals surface area (Å²) >= 11 is 0. The fourth-order valence-electron chi connectivity index (χ4n) is 5.46. The van der Waals surface area contributed by atoms with Gasteiger partial charge in [-0.2, -0.15) is 0 Å². The number of fused-ring (bicyclic) bond motifs is 5. The van der Waals surface area contributed by atoms with Crippen LogP contribution >= 0.6 is 0 Å². The number of hydrogen-bond acceptors (Lipinski definition) is 5. The molecule has 2 saturated heterocycles. The van der Waals surface area contributed by atoms with E-state index in [0.717, 1.165) is 44.3 Å². The number of cyclic esters (lactones) is 1. The molecule has 4 aliphatic heterocycles. The van der Waals surface area contributed by atoms with Crippen LogP contribution in [0.25, 0.3) is 0 Å². The van der Waals surface area contributed by atoms with Gasteiger partial charge in [0.25, 0.3) is 5.91 Å². The Bertz CT molecular complexity index is 791. The number of benzene rings is 1. The maximum absolute atomic E-state index is 13.2. The van der Waals surface area contributed by atoms with Crippen LogP contribution in [0.15, 0.2) is 24.3 Å². The molecule has 1 aliphatic carbocycles. The van der Waals surface area contributed by atoms with E-state index in [1.165, 1.54) is 5.56 Å². The number of alkyl carbamates (subject to hydrolysis) is 1. The second kappa shape index (κ2) is 7.52. The Kier molecular flexibility index (Phi) is 4.86. The molecule has 0 radical (unpaired) electrons. The molecule has 4 heterocycles. The Hall–Kier alpha value is -2.28. The van der Waals surface area contributed by atoms with E-state index in [1.54, 1.807) is 0 Å². The second-order valence-electron chi connectivity index (χ2n) is 8.70. The van der Waals surface area contributed by atoms with E-state index < -0.39 is 11.6 Å². The molecule has 0 aromatic heterocycles. The molecule has 3 fully saturated rings. The number of amides is 2. The molecule has 1 N–H and O–H groups in total. The lowest BCUT2D eigenvalue weighted by Gasteiger charge is -2.46. The van der Waals surface area contributed by atoms with E-state index in [0.29, 0.717) is 19.1 Å². The summed E-state index contributed by atoms with van der Waals surface area (Å²) < 4.78 is 17.6. The minimum atomic E-state index is -0.569. The first-order chi connectivity index (χ1) is 14.1. The number of hydrogen-bond donors (Lipinski definition) is 1. The first kappa shape index (κ1) is 18.7. The van der Waals surface area contributed by atoms with Crippen LogP contribution in [0.1, 0.15) is 50.0 Å². The third-order valence-electron chi connectivity index (χ3n) is 7.04. The van der Waals surface area contributed by atoms with Gasteiger partial charge in [0.1, 0.15) is 17.9 Å². The predicted octanol–water partition coefficient (Wildman–Crippen LogP) is 2.59. The number of ether oxygens (including phenoxy) is 3. The largest absolute Gasteiger partial charge is 0.483 e. The number of nitrogens with zero attached hydrogens (tertiary/aromatic N) is 1. The first-order valence-electron chi connectivity index (χ1n) is 10.7. The zero-order chi connectivity index (χ0) is 19.8. The van der Waals surface area contributed by atoms with Crippen molar-refractivity contribution in [3.8, 4) is 5.75 Å². The third kappa shape index (κ3) is 3.45. The molecule has 2 bridgehead atoms. The van der Waals surface area contributed by atoms with Crippen molar-refractivity contribution in [3.63, 3.8) is 0 Å². The van der Waals surface area contributed by atoms with Crippen LogP contribution in [0.3, 0.4) is 0 Å². The molecule has 1 spiro atoms. The van der Waals surface area contributed by atoms with Crippen LogP contribution in [0.2, 0.25) is 0 Å². The summed E-state index contributed by atoms with van der Waals surface area (Å²) in [7, 11) is 0. The van der Waals surface area contributed by atoms with Crippen molar-refractivity contribution in [2.24, 2.45) is 0 Å². The van der Waals surface area contributed by atoms with Crippen molar-refractivity contribution in [2.75, 3.05) is 26.4 Å². The normalized spacial score (nSPS) is 34.8. The number of piperidine rings is 1. The molecule has 2 amide bonds. The molecule has 0 unspecified atom stereocenters. The van der Waals surface area contributed by atoms with Crippen molar-refractivity contribution in [1.29, 1.82) is 0 Å². The first-order valence-corrected chi connectivity index (χ1v) is 10.7. The van der Waals surface area contributed by atoms with Crippen LogP contribution in [0.4, 0.5) is 4.79 Å². The zero-order valence-corrected chi connectivity index (χ0v) is 16.6. The van der Waals surface area contributed by atoms with Crippen molar-refractivity contribution in [1.82, 2.24) is 10.2 Å². The van der Waals surface area contributed by atoms with Gasteiger partial charge in [-0.3, -0.25) is 4.79 Å². The molecule has 1 aromatic carbocycles. The summed E-state index contributed by atoms with van der Waals surface area (Å²) in [5, 5.41) is 3.00. The van der Waals surface area contributed by atoms with Crippen LogP contribution in [0, 0.1) is 0 Å². The molecule has 1 saturated carbocycles. The molecule has 7 heteroatoms. The van der Waals surface area contributed by atoms with Gasteiger partial charge < -0.3 is 24.4 Å². The molecular weight excluding hydrogens is 372 g/mol. The highest BCUT2D eigenvalue weighted by atomic mass is 16.6. The zero-order valence-electron chi connectivity index (χ0n) is 16.6. The highest BCUT2D eigenvalue weighted by molar-refractivity contribution is 5.79. The molecule has 6 rings (SSSR count). The van der Waals surface area contributed by atoms with Gasteiger partial charge in [0, 0.05) is 6.54 Å². The molecule has 29 heavy (non-hydrogen) atoms. The molecule has 5 aliphatic rings. The Morgan fingerprint density at radius 1 is 1.07 bits per heavy atom. The molecule has 7 nitrogen and oxygen atoms in total. The number of rotatable bonds is 0. The van der Waals surface area contributed by atoms with Gasteiger partial charge in [-0.25, -0.2) is 4.79 Å². The van der Waals surface area contributed by atoms with Crippen LogP contribution < -0.4 is 10.1 Å². The number of carbonyl (C=O) groups is 2. The Balaban J connectivity index is 1.46. The average molecular weight is 400 g/mol. The van der Waals surface area contributed by atoms with Crippen molar-refractivity contribution < 1.29 is 23.8 Å². The van der Waals surface area contributed by atoms with Gasteiger partial charge in [-0.15, -0.1) is 0 Å². The van der Waals surface area contributed by atoms with Crippen LogP contribution in [-0.2, 0) is 14.3 Å².